The fourth-order valence-electron chi connectivity index (χ4n) is 4.07. The van der Waals surface area contributed by atoms with Gasteiger partial charge in [-0.1, -0.05) is 51.0 Å². The van der Waals surface area contributed by atoms with Crippen molar-refractivity contribution in [3.63, 3.8) is 0 Å². The van der Waals surface area contributed by atoms with Crippen LogP contribution in [0.1, 0.15) is 93.0 Å². The Morgan fingerprint density at radius 2 is 1.76 bits per heavy atom. The first-order valence-electron chi connectivity index (χ1n) is 12.8. The molecular formula is C30H40FN3O3. The molecule has 0 saturated heterocycles. The normalized spacial score (nSPS) is 14.1. The number of hydrogen-bond donors (Lipinski definition) is 2. The van der Waals surface area contributed by atoms with Gasteiger partial charge in [-0.25, -0.2) is 14.2 Å². The number of hydrogen-bond acceptors (Lipinski definition) is 4. The van der Waals surface area contributed by atoms with Gasteiger partial charge in [-0.2, -0.15) is 0 Å². The summed E-state index contributed by atoms with van der Waals surface area (Å²) in [7, 11) is 1.30. The predicted molar refractivity (Wildman–Crippen MR) is 147 cm³/mol. The molecule has 2 rings (SSSR count). The molecule has 0 aliphatic rings. The van der Waals surface area contributed by atoms with Crippen molar-refractivity contribution in [2.75, 3.05) is 7.11 Å². The van der Waals surface area contributed by atoms with Crippen LogP contribution in [-0.2, 0) is 4.74 Å². The fraction of sp³-hybridized carbons (Fsp3) is 0.433. The van der Waals surface area contributed by atoms with Crippen molar-refractivity contribution in [2.45, 2.75) is 78.3 Å². The molecule has 1 amide bonds. The third-order valence-corrected chi connectivity index (χ3v) is 5.98. The summed E-state index contributed by atoms with van der Waals surface area (Å²) in [5, 5.41) is 6.24. The first-order valence-corrected chi connectivity index (χ1v) is 12.8. The Bertz CT molecular complexity index is 1120. The monoisotopic (exact) mass is 509 g/mol. The summed E-state index contributed by atoms with van der Waals surface area (Å²) in [6, 6.07) is 12.7. The lowest BCUT2D eigenvalue weighted by Crippen LogP contribution is -2.50. The quantitative estimate of drug-likeness (QED) is 0.178. The van der Waals surface area contributed by atoms with E-state index in [9.17, 15) is 14.0 Å². The topological polar surface area (TPSA) is 79.8 Å². The maximum absolute atomic E-state index is 13.5. The largest absolute Gasteiger partial charge is 0.465 e. The molecule has 0 saturated carbocycles. The van der Waals surface area contributed by atoms with Gasteiger partial charge in [-0.3, -0.25) is 10.1 Å². The summed E-state index contributed by atoms with van der Waals surface area (Å²) in [5.41, 5.74) is 2.34. The maximum Gasteiger partial charge on any atom is 0.337 e. The van der Waals surface area contributed by atoms with Crippen molar-refractivity contribution in [3.05, 3.63) is 82.7 Å². The van der Waals surface area contributed by atoms with Gasteiger partial charge in [0.25, 0.3) is 5.91 Å². The van der Waals surface area contributed by atoms with Crippen molar-refractivity contribution >= 4 is 17.8 Å². The minimum absolute atomic E-state index is 0.0135. The molecule has 37 heavy (non-hydrogen) atoms. The summed E-state index contributed by atoms with van der Waals surface area (Å²) in [4.78, 5) is 30.1. The highest BCUT2D eigenvalue weighted by atomic mass is 19.1. The average Bonchev–Trinajstić information content (AvgIpc) is 2.86. The number of benzene rings is 2. The zero-order valence-electron chi connectivity index (χ0n) is 23.0. The van der Waals surface area contributed by atoms with Crippen molar-refractivity contribution in [1.29, 1.82) is 0 Å². The van der Waals surface area contributed by atoms with Crippen LogP contribution in [-0.4, -0.2) is 36.5 Å². The number of carbonyl (C=O) groups is 2. The Morgan fingerprint density at radius 3 is 2.32 bits per heavy atom. The molecule has 2 unspecified atom stereocenters. The molecule has 0 aliphatic carbocycles. The Labute approximate surface area is 220 Å². The molecular weight excluding hydrogens is 469 g/mol. The Balaban J connectivity index is 2.44. The molecule has 2 aromatic rings. The van der Waals surface area contributed by atoms with Crippen molar-refractivity contribution in [1.82, 2.24) is 10.6 Å². The molecule has 200 valence electrons. The maximum atomic E-state index is 13.5. The number of ether oxygens (including phenoxy) is 1. The van der Waals surface area contributed by atoms with Crippen LogP contribution in [0.4, 0.5) is 4.39 Å². The van der Waals surface area contributed by atoms with Crippen LogP contribution < -0.4 is 10.6 Å². The Kier molecular flexibility index (Phi) is 11.0. The van der Waals surface area contributed by atoms with E-state index in [0.717, 1.165) is 30.4 Å². The molecule has 0 bridgehead atoms. The van der Waals surface area contributed by atoms with Crippen molar-refractivity contribution < 1.29 is 18.7 Å². The molecule has 6 nitrogen and oxygen atoms in total. The zero-order valence-corrected chi connectivity index (χ0v) is 23.0. The van der Waals surface area contributed by atoms with Crippen molar-refractivity contribution in [2.24, 2.45) is 4.99 Å². The molecule has 0 radical (unpaired) electrons. The van der Waals surface area contributed by atoms with E-state index in [4.69, 9.17) is 9.73 Å². The van der Waals surface area contributed by atoms with Crippen molar-refractivity contribution in [3.8, 4) is 0 Å². The molecule has 0 aliphatic heterocycles. The van der Waals surface area contributed by atoms with E-state index in [1.807, 2.05) is 27.7 Å². The third-order valence-electron chi connectivity index (χ3n) is 5.98. The van der Waals surface area contributed by atoms with Gasteiger partial charge in [0.05, 0.1) is 18.7 Å². The minimum Gasteiger partial charge on any atom is -0.465 e. The molecule has 2 atom stereocenters. The van der Waals surface area contributed by atoms with E-state index in [1.165, 1.54) is 25.3 Å². The molecule has 0 fully saturated rings. The number of carbonyl (C=O) groups excluding carboxylic acids is 2. The van der Waals surface area contributed by atoms with E-state index < -0.39 is 5.97 Å². The SMILES string of the molecule is C/C=C(\C(CCCC)N=C(NC(=O)c1cccc(C(=O)OC)c1)NC(C)(C)C)C(C)c1ccc(F)cc1. The second kappa shape index (κ2) is 13.7. The molecule has 0 spiro atoms. The summed E-state index contributed by atoms with van der Waals surface area (Å²) in [6.07, 6.45) is 4.82. The number of halogens is 1. The second-order valence-electron chi connectivity index (χ2n) is 10.1. The standard InChI is InChI=1S/C30H40FN3O3/c1-8-10-14-26(25(9-2)20(3)21-15-17-24(31)18-16-21)32-29(34-30(4,5)6)33-27(35)22-12-11-13-23(19-22)28(36)37-7/h9,11-13,15-20,26H,8,10,14H2,1-7H3,(H2,32,33,34,35)/b25-9-. The number of guanidine groups is 1. The van der Waals surface area contributed by atoms with Crippen LogP contribution in [0, 0.1) is 5.82 Å². The van der Waals surface area contributed by atoms with Crippen LogP contribution in [0.5, 0.6) is 0 Å². The van der Waals surface area contributed by atoms with Crippen LogP contribution in [0.15, 0.2) is 65.2 Å². The summed E-state index contributed by atoms with van der Waals surface area (Å²) >= 11 is 0. The third kappa shape index (κ3) is 9.16. The summed E-state index contributed by atoms with van der Waals surface area (Å²) in [5.74, 6) is -0.797. The van der Waals surface area contributed by atoms with Gasteiger partial charge >= 0.3 is 5.97 Å². The zero-order chi connectivity index (χ0) is 27.6. The number of allylic oxidation sites excluding steroid dienone is 1. The highest BCUT2D eigenvalue weighted by Crippen LogP contribution is 2.30. The number of nitrogens with zero attached hydrogens (tertiary/aromatic N) is 1. The molecule has 7 heteroatoms. The summed E-state index contributed by atoms with van der Waals surface area (Å²) < 4.78 is 18.3. The van der Waals surface area contributed by atoms with Gasteiger partial charge in [0.15, 0.2) is 5.96 Å². The lowest BCUT2D eigenvalue weighted by molar-refractivity contribution is 0.0600. The smallest absolute Gasteiger partial charge is 0.337 e. The van der Waals surface area contributed by atoms with Gasteiger partial charge in [-0.15, -0.1) is 0 Å². The molecule has 0 heterocycles. The van der Waals surface area contributed by atoms with Gasteiger partial charge in [0.1, 0.15) is 5.82 Å². The minimum atomic E-state index is -0.511. The molecule has 0 aromatic heterocycles. The van der Waals surface area contributed by atoms with Crippen LogP contribution in [0.2, 0.25) is 0 Å². The number of aliphatic imine (C=N–C) groups is 1. The average molecular weight is 510 g/mol. The second-order valence-corrected chi connectivity index (χ2v) is 10.1. The van der Waals surface area contributed by atoms with Gasteiger partial charge in [0, 0.05) is 17.0 Å². The highest BCUT2D eigenvalue weighted by Gasteiger charge is 2.23. The fourth-order valence-corrected chi connectivity index (χ4v) is 4.07. The number of methoxy groups -OCH3 is 1. The number of rotatable bonds is 9. The first-order chi connectivity index (χ1) is 17.5. The lowest BCUT2D eigenvalue weighted by Gasteiger charge is -2.27. The van der Waals surface area contributed by atoms with Crippen LogP contribution in [0.25, 0.3) is 0 Å². The highest BCUT2D eigenvalue weighted by molar-refractivity contribution is 6.07. The lowest BCUT2D eigenvalue weighted by atomic mass is 9.86. The van der Waals surface area contributed by atoms with Gasteiger partial charge in [-0.05, 0) is 75.6 Å². The predicted octanol–water partition coefficient (Wildman–Crippen LogP) is 6.40. The van der Waals surface area contributed by atoms with E-state index in [1.54, 1.807) is 30.3 Å². The summed E-state index contributed by atoms with van der Waals surface area (Å²) in [6.45, 7) is 12.2. The van der Waals surface area contributed by atoms with E-state index in [0.29, 0.717) is 17.1 Å². The van der Waals surface area contributed by atoms with E-state index in [-0.39, 0.29) is 29.2 Å². The van der Waals surface area contributed by atoms with Gasteiger partial charge in [0.2, 0.25) is 0 Å². The molecule has 2 aromatic carbocycles. The van der Waals surface area contributed by atoms with Crippen LogP contribution in [0.3, 0.4) is 0 Å². The van der Waals surface area contributed by atoms with E-state index in [2.05, 4.69) is 30.6 Å². The Morgan fingerprint density at radius 1 is 1.11 bits per heavy atom. The van der Waals surface area contributed by atoms with Gasteiger partial charge < -0.3 is 10.1 Å². The first kappa shape index (κ1) is 29.7. The van der Waals surface area contributed by atoms with Crippen LogP contribution >= 0.6 is 0 Å². The number of unbranched alkanes of at least 4 members (excludes halogenated alkanes) is 1. The number of esters is 1. The van der Waals surface area contributed by atoms with E-state index >= 15 is 0 Å². The Hall–Kier alpha value is -3.48. The number of nitrogens with one attached hydrogen (secondary N) is 2. The number of amides is 1. The molecule has 2 N–H and O–H groups in total.